The van der Waals surface area contributed by atoms with Crippen LogP contribution < -0.4 is 0 Å². The highest BCUT2D eigenvalue weighted by atomic mass is 16.7. The van der Waals surface area contributed by atoms with Gasteiger partial charge in [-0.3, -0.25) is 0 Å². The zero-order valence-corrected chi connectivity index (χ0v) is 30.5. The second kappa shape index (κ2) is 29.2. The number of carbonyl (C=O) groups excluding carboxylic acids is 1. The molecule has 48 heavy (non-hydrogen) atoms. The Balaban J connectivity index is 1.35. The number of esters is 1. The number of carbonyl (C=O) groups is 1. The topological polar surface area (TPSA) is 105 Å². The highest BCUT2D eigenvalue weighted by molar-refractivity contribution is 5.89. The minimum absolute atomic E-state index is 0.312. The van der Waals surface area contributed by atoms with Crippen LogP contribution in [0.1, 0.15) is 184 Å². The van der Waals surface area contributed by atoms with Crippen molar-refractivity contribution in [1.82, 2.24) is 0 Å². The number of unbranched alkanes of at least 4 members (excludes halogenated alkanes) is 25. The normalized spacial score (nSPS) is 21.0. The molecule has 0 spiro atoms. The number of ether oxygens (including phenoxy) is 3. The molecule has 7 nitrogen and oxygen atoms in total. The van der Waals surface area contributed by atoms with Crippen LogP contribution in [-0.2, 0) is 14.2 Å². The Morgan fingerprint density at radius 3 is 1.40 bits per heavy atom. The van der Waals surface area contributed by atoms with E-state index in [9.17, 15) is 20.1 Å². The highest BCUT2D eigenvalue weighted by Crippen LogP contribution is 2.26. The SMILES string of the molecule is CCCCCCCCCCCCCCCCCCCCCCCCCCCCOC1OC(CO)C(O)C(OC(=O)c2ccccc2)C1O. The van der Waals surface area contributed by atoms with Gasteiger partial charge in [-0.1, -0.05) is 186 Å². The number of aliphatic hydroxyl groups excluding tert-OH is 3. The molecular weight excluding hydrogens is 604 g/mol. The van der Waals surface area contributed by atoms with E-state index in [-0.39, 0.29) is 0 Å². The minimum atomic E-state index is -1.36. The Kier molecular flexibility index (Phi) is 26.0. The second-order valence-electron chi connectivity index (χ2n) is 14.2. The maximum absolute atomic E-state index is 12.5. The van der Waals surface area contributed by atoms with E-state index in [2.05, 4.69) is 6.92 Å². The monoisotopic (exact) mass is 677 g/mol. The van der Waals surface area contributed by atoms with Crippen LogP contribution in [0.4, 0.5) is 0 Å². The number of hydrogen-bond acceptors (Lipinski definition) is 7. The van der Waals surface area contributed by atoms with Gasteiger partial charge < -0.3 is 29.5 Å². The van der Waals surface area contributed by atoms with E-state index in [1.54, 1.807) is 30.3 Å². The van der Waals surface area contributed by atoms with Gasteiger partial charge in [-0.25, -0.2) is 4.79 Å². The summed E-state index contributed by atoms with van der Waals surface area (Å²) >= 11 is 0. The molecule has 1 aromatic rings. The fraction of sp³-hybridized carbons (Fsp3) is 0.829. The molecule has 2 rings (SSSR count). The van der Waals surface area contributed by atoms with Crippen molar-refractivity contribution in [1.29, 1.82) is 0 Å². The molecule has 1 saturated heterocycles. The fourth-order valence-electron chi connectivity index (χ4n) is 6.71. The van der Waals surface area contributed by atoms with E-state index in [1.807, 2.05) is 0 Å². The second-order valence-corrected chi connectivity index (χ2v) is 14.2. The van der Waals surface area contributed by atoms with Crippen LogP contribution in [0.5, 0.6) is 0 Å². The van der Waals surface area contributed by atoms with Crippen molar-refractivity contribution in [2.75, 3.05) is 13.2 Å². The summed E-state index contributed by atoms with van der Waals surface area (Å²) in [6.07, 6.45) is 29.1. The van der Waals surface area contributed by atoms with Gasteiger partial charge in [0.2, 0.25) is 0 Å². The zero-order chi connectivity index (χ0) is 34.5. The molecular formula is C41H72O7. The van der Waals surface area contributed by atoms with Crippen LogP contribution in [0.2, 0.25) is 0 Å². The molecule has 7 heteroatoms. The summed E-state index contributed by atoms with van der Waals surface area (Å²) in [4.78, 5) is 12.5. The van der Waals surface area contributed by atoms with Crippen molar-refractivity contribution >= 4 is 5.97 Å². The third kappa shape index (κ3) is 19.6. The van der Waals surface area contributed by atoms with Crippen LogP contribution in [0.15, 0.2) is 30.3 Å². The van der Waals surface area contributed by atoms with Gasteiger partial charge >= 0.3 is 5.97 Å². The molecule has 278 valence electrons. The predicted molar refractivity (Wildman–Crippen MR) is 195 cm³/mol. The fourth-order valence-corrected chi connectivity index (χ4v) is 6.71. The lowest BCUT2D eigenvalue weighted by molar-refractivity contribution is -0.300. The first-order valence-corrected chi connectivity index (χ1v) is 20.1. The molecule has 0 amide bonds. The summed E-state index contributed by atoms with van der Waals surface area (Å²) in [5.74, 6) is -0.661. The summed E-state index contributed by atoms with van der Waals surface area (Å²) in [5.41, 5.74) is 0.312. The zero-order valence-electron chi connectivity index (χ0n) is 30.5. The van der Waals surface area contributed by atoms with Gasteiger partial charge in [0.25, 0.3) is 0 Å². The van der Waals surface area contributed by atoms with Crippen molar-refractivity contribution in [2.24, 2.45) is 0 Å². The molecule has 5 atom stereocenters. The standard InChI is InChI=1S/C41H72O7/c1-2-3-4-5-6-7-8-9-10-11-12-13-14-15-16-17-18-19-20-21-22-23-24-25-26-30-33-46-41-38(44)39(37(43)36(34-42)47-41)48-40(45)35-31-28-27-29-32-35/h27-29,31-32,36-39,41-44H,2-26,30,33-34H2,1H3. The summed E-state index contributed by atoms with van der Waals surface area (Å²) in [6.45, 7) is 2.19. The molecule has 0 radical (unpaired) electrons. The molecule has 1 fully saturated rings. The molecule has 1 aliphatic heterocycles. The lowest BCUT2D eigenvalue weighted by Gasteiger charge is -2.41. The first kappa shape index (κ1) is 42.7. The van der Waals surface area contributed by atoms with Crippen LogP contribution in [0.3, 0.4) is 0 Å². The number of benzene rings is 1. The molecule has 1 aromatic carbocycles. The van der Waals surface area contributed by atoms with Crippen molar-refractivity contribution in [3.8, 4) is 0 Å². The summed E-state index contributed by atoms with van der Waals surface area (Å²) in [5, 5.41) is 30.9. The summed E-state index contributed by atoms with van der Waals surface area (Å²) < 4.78 is 16.8. The Morgan fingerprint density at radius 1 is 0.604 bits per heavy atom. The Bertz CT molecular complexity index is 866. The lowest BCUT2D eigenvalue weighted by atomic mass is 9.99. The number of aliphatic hydroxyl groups is 3. The first-order chi connectivity index (χ1) is 23.6. The summed E-state index contributed by atoms with van der Waals surface area (Å²) in [7, 11) is 0. The van der Waals surface area contributed by atoms with Crippen LogP contribution in [0.25, 0.3) is 0 Å². The molecule has 3 N–H and O–H groups in total. The van der Waals surface area contributed by atoms with Crippen LogP contribution in [0, 0.1) is 0 Å². The quantitative estimate of drug-likeness (QED) is 0.0531. The van der Waals surface area contributed by atoms with Crippen LogP contribution >= 0.6 is 0 Å². The van der Waals surface area contributed by atoms with E-state index in [0.29, 0.717) is 12.2 Å². The first-order valence-electron chi connectivity index (χ1n) is 20.1. The molecule has 0 saturated carbocycles. The van der Waals surface area contributed by atoms with Crippen molar-refractivity contribution in [2.45, 2.75) is 205 Å². The molecule has 0 bridgehead atoms. The van der Waals surface area contributed by atoms with Gasteiger partial charge in [-0.05, 0) is 18.6 Å². The van der Waals surface area contributed by atoms with Gasteiger partial charge in [0.1, 0.15) is 18.3 Å². The Labute approximate surface area is 293 Å². The van der Waals surface area contributed by atoms with E-state index in [1.165, 1.54) is 148 Å². The number of rotatable bonds is 31. The smallest absolute Gasteiger partial charge is 0.338 e. The van der Waals surface area contributed by atoms with E-state index >= 15 is 0 Å². The van der Waals surface area contributed by atoms with Gasteiger partial charge in [-0.2, -0.15) is 0 Å². The molecule has 0 aromatic heterocycles. The van der Waals surface area contributed by atoms with Gasteiger partial charge in [-0.15, -0.1) is 0 Å². The largest absolute Gasteiger partial charge is 0.453 e. The maximum Gasteiger partial charge on any atom is 0.338 e. The van der Waals surface area contributed by atoms with E-state index in [4.69, 9.17) is 14.2 Å². The van der Waals surface area contributed by atoms with E-state index < -0.39 is 43.3 Å². The van der Waals surface area contributed by atoms with Gasteiger partial charge in [0.05, 0.1) is 12.2 Å². The third-order valence-corrected chi connectivity index (χ3v) is 9.85. The lowest BCUT2D eigenvalue weighted by Crippen LogP contribution is -2.60. The highest BCUT2D eigenvalue weighted by Gasteiger charge is 2.47. The van der Waals surface area contributed by atoms with Crippen molar-refractivity contribution in [3.63, 3.8) is 0 Å². The summed E-state index contributed by atoms with van der Waals surface area (Å²) in [6, 6.07) is 8.39. The van der Waals surface area contributed by atoms with E-state index in [0.717, 1.165) is 19.3 Å². The minimum Gasteiger partial charge on any atom is -0.453 e. The molecule has 1 aliphatic rings. The Morgan fingerprint density at radius 2 is 1.00 bits per heavy atom. The molecule has 5 unspecified atom stereocenters. The van der Waals surface area contributed by atoms with Crippen LogP contribution in [-0.4, -0.2) is 65.2 Å². The average molecular weight is 677 g/mol. The number of hydrogen-bond donors (Lipinski definition) is 3. The third-order valence-electron chi connectivity index (χ3n) is 9.85. The predicted octanol–water partition coefficient (Wildman–Crippen LogP) is 9.83. The average Bonchev–Trinajstić information content (AvgIpc) is 3.10. The van der Waals surface area contributed by atoms with Crippen molar-refractivity contribution in [3.05, 3.63) is 35.9 Å². The van der Waals surface area contributed by atoms with Crippen molar-refractivity contribution < 1.29 is 34.3 Å². The van der Waals surface area contributed by atoms with Gasteiger partial charge in [0, 0.05) is 6.61 Å². The molecule has 1 heterocycles. The maximum atomic E-state index is 12.5. The Hall–Kier alpha value is -1.51. The van der Waals surface area contributed by atoms with Gasteiger partial charge in [0.15, 0.2) is 12.4 Å². The molecule has 0 aliphatic carbocycles.